The summed E-state index contributed by atoms with van der Waals surface area (Å²) in [5.74, 6) is 0. The first-order valence-corrected chi connectivity index (χ1v) is 11.2. The minimum Gasteiger partial charge on any atom is -0.372 e. The number of fused-ring (bicyclic) bond motifs is 1. The van der Waals surface area contributed by atoms with E-state index in [0.717, 1.165) is 31.9 Å². The van der Waals surface area contributed by atoms with Gasteiger partial charge < -0.3 is 9.80 Å². The van der Waals surface area contributed by atoms with E-state index in [-0.39, 0.29) is 17.2 Å². The molecule has 1 saturated heterocycles. The summed E-state index contributed by atoms with van der Waals surface area (Å²) < 4.78 is 4.94. The average Bonchev–Trinajstić information content (AvgIpc) is 3.34. The zero-order valence-corrected chi connectivity index (χ0v) is 19.2. The van der Waals surface area contributed by atoms with Gasteiger partial charge in [-0.05, 0) is 27.5 Å². The number of nitrogens with zero attached hydrogens (tertiary/aromatic N) is 6. The minimum absolute atomic E-state index is 0.0862. The molecule has 0 bridgehead atoms. The van der Waals surface area contributed by atoms with Crippen molar-refractivity contribution in [2.45, 2.75) is 6.04 Å². The van der Waals surface area contributed by atoms with Crippen LogP contribution >= 0.6 is 0 Å². The summed E-state index contributed by atoms with van der Waals surface area (Å²) in [6, 6.07) is 23.1. The lowest BCUT2D eigenvalue weighted by atomic mass is 9.96. The maximum atomic E-state index is 11.8. The molecule has 0 radical (unpaired) electrons. The minimum atomic E-state index is -0.423. The van der Waals surface area contributed by atoms with Crippen LogP contribution in [0.2, 0.25) is 0 Å². The van der Waals surface area contributed by atoms with Crippen LogP contribution in [0.4, 0.5) is 17.1 Å². The SMILES string of the molecule is CN(C)c1cc(N2CCN(C(c3ccccc3)c3ccccc3)CC2)c2nonc2c1[N+](=O)[O-]. The van der Waals surface area contributed by atoms with Gasteiger partial charge in [-0.3, -0.25) is 15.0 Å². The Morgan fingerprint density at radius 1 is 0.912 bits per heavy atom. The molecule has 1 aromatic heterocycles. The highest BCUT2D eigenvalue weighted by Crippen LogP contribution is 2.40. The highest BCUT2D eigenvalue weighted by Gasteiger charge is 2.31. The van der Waals surface area contributed by atoms with Gasteiger partial charge in [0.2, 0.25) is 5.52 Å². The fourth-order valence-electron chi connectivity index (χ4n) is 4.77. The Morgan fingerprint density at radius 3 is 2.00 bits per heavy atom. The Labute approximate surface area is 197 Å². The lowest BCUT2D eigenvalue weighted by molar-refractivity contribution is -0.382. The molecule has 0 saturated carbocycles. The molecule has 0 aliphatic carbocycles. The summed E-state index contributed by atoms with van der Waals surface area (Å²) in [7, 11) is 3.57. The molecule has 3 aromatic carbocycles. The molecule has 5 rings (SSSR count). The summed E-state index contributed by atoms with van der Waals surface area (Å²) in [5, 5.41) is 19.7. The lowest BCUT2D eigenvalue weighted by Crippen LogP contribution is -2.48. The second kappa shape index (κ2) is 9.11. The third kappa shape index (κ3) is 3.94. The maximum Gasteiger partial charge on any atom is 0.323 e. The smallest absolute Gasteiger partial charge is 0.323 e. The normalized spacial score (nSPS) is 14.6. The number of hydrogen-bond acceptors (Lipinski definition) is 8. The number of rotatable bonds is 6. The van der Waals surface area contributed by atoms with Crippen LogP contribution in [0, 0.1) is 10.1 Å². The molecule has 9 nitrogen and oxygen atoms in total. The fourth-order valence-corrected chi connectivity index (χ4v) is 4.77. The predicted octanol–water partition coefficient (Wildman–Crippen LogP) is 4.11. The van der Waals surface area contributed by atoms with Gasteiger partial charge in [-0.25, -0.2) is 4.63 Å². The summed E-state index contributed by atoms with van der Waals surface area (Å²) in [5.41, 5.74) is 4.33. The molecule has 0 N–H and O–H groups in total. The van der Waals surface area contributed by atoms with Crippen molar-refractivity contribution < 1.29 is 9.55 Å². The van der Waals surface area contributed by atoms with E-state index in [1.807, 2.05) is 18.2 Å². The average molecular weight is 459 g/mol. The fraction of sp³-hybridized carbons (Fsp3) is 0.280. The third-order valence-electron chi connectivity index (χ3n) is 6.39. The second-order valence-corrected chi connectivity index (χ2v) is 8.62. The molecule has 0 spiro atoms. The van der Waals surface area contributed by atoms with Crippen LogP contribution in [0.25, 0.3) is 11.0 Å². The monoisotopic (exact) mass is 458 g/mol. The quantitative estimate of drug-likeness (QED) is 0.315. The summed E-state index contributed by atoms with van der Waals surface area (Å²) in [4.78, 5) is 17.8. The largest absolute Gasteiger partial charge is 0.372 e. The van der Waals surface area contributed by atoms with E-state index in [0.29, 0.717) is 11.2 Å². The van der Waals surface area contributed by atoms with E-state index in [2.05, 4.69) is 68.6 Å². The molecule has 0 atom stereocenters. The van der Waals surface area contributed by atoms with Gasteiger partial charge in [-0.2, -0.15) is 0 Å². The van der Waals surface area contributed by atoms with Crippen LogP contribution in [-0.2, 0) is 0 Å². The topological polar surface area (TPSA) is 91.8 Å². The van der Waals surface area contributed by atoms with Gasteiger partial charge in [-0.1, -0.05) is 60.7 Å². The van der Waals surface area contributed by atoms with Crippen molar-refractivity contribution in [2.24, 2.45) is 0 Å². The van der Waals surface area contributed by atoms with E-state index >= 15 is 0 Å². The molecular formula is C25H26N6O3. The molecule has 9 heteroatoms. The highest BCUT2D eigenvalue weighted by molar-refractivity contribution is 6.00. The first kappa shape index (κ1) is 21.8. The Kier molecular flexibility index (Phi) is 5.85. The molecule has 174 valence electrons. The van der Waals surface area contributed by atoms with Crippen molar-refractivity contribution >= 4 is 28.1 Å². The highest BCUT2D eigenvalue weighted by atomic mass is 16.6. The second-order valence-electron chi connectivity index (χ2n) is 8.62. The van der Waals surface area contributed by atoms with E-state index in [9.17, 15) is 10.1 Å². The molecule has 1 aliphatic rings. The van der Waals surface area contributed by atoms with Gasteiger partial charge in [-0.15, -0.1) is 0 Å². The van der Waals surface area contributed by atoms with Crippen LogP contribution in [0.1, 0.15) is 17.2 Å². The van der Waals surface area contributed by atoms with E-state index in [1.165, 1.54) is 11.1 Å². The first-order chi connectivity index (χ1) is 16.5. The van der Waals surface area contributed by atoms with Crippen molar-refractivity contribution in [1.82, 2.24) is 15.2 Å². The van der Waals surface area contributed by atoms with Crippen LogP contribution in [0.15, 0.2) is 71.4 Å². The number of nitro benzene ring substituents is 1. The molecule has 4 aromatic rings. The molecule has 1 fully saturated rings. The number of aromatic nitrogens is 2. The Morgan fingerprint density at radius 2 is 1.47 bits per heavy atom. The molecule has 34 heavy (non-hydrogen) atoms. The van der Waals surface area contributed by atoms with Crippen molar-refractivity contribution in [1.29, 1.82) is 0 Å². The van der Waals surface area contributed by atoms with Crippen LogP contribution in [-0.4, -0.2) is 60.4 Å². The van der Waals surface area contributed by atoms with Gasteiger partial charge >= 0.3 is 5.69 Å². The standard InChI is InChI=1S/C25H26N6O3/c1-28(2)21-17-20(22-23(27-34-26-22)25(21)31(32)33)29-13-15-30(16-14-29)24(18-9-5-3-6-10-18)19-11-7-4-8-12-19/h3-12,17,24H,13-16H2,1-2H3. The Hall–Kier alpha value is -3.98. The van der Waals surface area contributed by atoms with Crippen LogP contribution in [0.5, 0.6) is 0 Å². The number of hydrogen-bond donors (Lipinski definition) is 0. The van der Waals surface area contributed by atoms with E-state index in [4.69, 9.17) is 4.63 Å². The Bertz CT molecular complexity index is 1240. The zero-order chi connectivity index (χ0) is 23.7. The van der Waals surface area contributed by atoms with E-state index < -0.39 is 4.92 Å². The summed E-state index contributed by atoms with van der Waals surface area (Å²) >= 11 is 0. The predicted molar refractivity (Wildman–Crippen MR) is 131 cm³/mol. The number of benzene rings is 3. The van der Waals surface area contributed by atoms with E-state index in [1.54, 1.807) is 19.0 Å². The van der Waals surface area contributed by atoms with Gasteiger partial charge in [0.25, 0.3) is 0 Å². The first-order valence-electron chi connectivity index (χ1n) is 11.2. The molecular weight excluding hydrogens is 432 g/mol. The van der Waals surface area contributed by atoms with Crippen molar-refractivity contribution in [3.8, 4) is 0 Å². The molecule has 2 heterocycles. The number of nitro groups is 1. The third-order valence-corrected chi connectivity index (χ3v) is 6.39. The van der Waals surface area contributed by atoms with Gasteiger partial charge in [0, 0.05) is 40.3 Å². The van der Waals surface area contributed by atoms with Gasteiger partial charge in [0.1, 0.15) is 5.69 Å². The van der Waals surface area contributed by atoms with Gasteiger partial charge in [0.05, 0.1) is 16.7 Å². The zero-order valence-electron chi connectivity index (χ0n) is 19.2. The molecule has 0 amide bonds. The van der Waals surface area contributed by atoms with Crippen LogP contribution in [0.3, 0.4) is 0 Å². The molecule has 1 aliphatic heterocycles. The van der Waals surface area contributed by atoms with Crippen molar-refractivity contribution in [3.63, 3.8) is 0 Å². The van der Waals surface area contributed by atoms with Crippen molar-refractivity contribution in [3.05, 3.63) is 88.0 Å². The lowest BCUT2D eigenvalue weighted by Gasteiger charge is -2.40. The summed E-state index contributed by atoms with van der Waals surface area (Å²) in [6.07, 6.45) is 0. The van der Waals surface area contributed by atoms with Crippen molar-refractivity contribution in [2.75, 3.05) is 50.1 Å². The number of anilines is 2. The number of piperazine rings is 1. The van der Waals surface area contributed by atoms with Gasteiger partial charge in [0.15, 0.2) is 5.52 Å². The molecule has 0 unspecified atom stereocenters. The Balaban J connectivity index is 1.46. The van der Waals surface area contributed by atoms with Crippen LogP contribution < -0.4 is 9.80 Å². The summed E-state index contributed by atoms with van der Waals surface area (Å²) in [6.45, 7) is 3.16. The maximum absolute atomic E-state index is 11.8.